The fraction of sp³-hybridized carbons (Fsp3) is 0.333. The number of nitrogens with one attached hydrogen (secondary N) is 1. The van der Waals surface area contributed by atoms with E-state index in [1.807, 2.05) is 30.3 Å². The molecule has 0 spiro atoms. The van der Waals surface area contributed by atoms with Gasteiger partial charge in [0.05, 0.1) is 22.9 Å². The number of furan rings is 1. The van der Waals surface area contributed by atoms with E-state index in [2.05, 4.69) is 10.2 Å². The molecular weight excluding hydrogens is 469 g/mol. The molecule has 2 aliphatic heterocycles. The van der Waals surface area contributed by atoms with Crippen LogP contribution in [0.4, 0.5) is 4.39 Å². The molecule has 8 heteroatoms. The SMILES string of the molecule is O=C(N[C@@H](CCN1CC2CN(C(=O)c3c(F)cccc3Cl)CC2C1)c1ccccc1)c1ccco1. The Bertz CT molecular complexity index is 1150. The van der Waals surface area contributed by atoms with Gasteiger partial charge in [-0.05, 0) is 48.1 Å². The summed E-state index contributed by atoms with van der Waals surface area (Å²) in [5.41, 5.74) is 1.01. The Morgan fingerprint density at radius 2 is 1.74 bits per heavy atom. The molecular formula is C27H27ClFN3O3. The molecule has 2 aromatic carbocycles. The first-order chi connectivity index (χ1) is 17.0. The zero-order valence-electron chi connectivity index (χ0n) is 19.2. The molecule has 1 aromatic heterocycles. The second kappa shape index (κ2) is 10.2. The standard InChI is InChI=1S/C27H27ClFN3O3/c28-21-8-4-9-22(29)25(21)27(34)32-16-19-14-31(15-20(19)17-32)12-11-23(18-6-2-1-3-7-18)30-26(33)24-10-5-13-35-24/h1-10,13,19-20,23H,11-12,14-17H2,(H,30,33)/t19?,20?,23-/m0/s1. The first-order valence-corrected chi connectivity index (χ1v) is 12.2. The summed E-state index contributed by atoms with van der Waals surface area (Å²) in [5.74, 6) is -0.164. The van der Waals surface area contributed by atoms with Gasteiger partial charge < -0.3 is 19.5 Å². The van der Waals surface area contributed by atoms with E-state index < -0.39 is 5.82 Å². The molecule has 3 atom stereocenters. The summed E-state index contributed by atoms with van der Waals surface area (Å²) < 4.78 is 19.5. The molecule has 2 amide bonds. The van der Waals surface area contributed by atoms with Crippen LogP contribution in [0.25, 0.3) is 0 Å². The highest BCUT2D eigenvalue weighted by molar-refractivity contribution is 6.33. The van der Waals surface area contributed by atoms with Crippen LogP contribution in [0, 0.1) is 17.7 Å². The predicted octanol–water partition coefficient (Wildman–Crippen LogP) is 4.64. The van der Waals surface area contributed by atoms with Crippen molar-refractivity contribution >= 4 is 23.4 Å². The second-order valence-corrected chi connectivity index (χ2v) is 9.70. The molecule has 2 saturated heterocycles. The van der Waals surface area contributed by atoms with E-state index in [9.17, 15) is 14.0 Å². The Labute approximate surface area is 208 Å². The van der Waals surface area contributed by atoms with Gasteiger partial charge >= 0.3 is 0 Å². The molecule has 182 valence electrons. The molecule has 0 bridgehead atoms. The van der Waals surface area contributed by atoms with Crippen LogP contribution in [-0.2, 0) is 0 Å². The maximum atomic E-state index is 14.2. The van der Waals surface area contributed by atoms with Crippen LogP contribution in [0.15, 0.2) is 71.3 Å². The van der Waals surface area contributed by atoms with Crippen LogP contribution in [0.1, 0.15) is 38.9 Å². The lowest BCUT2D eigenvalue weighted by molar-refractivity contribution is 0.0769. The third-order valence-corrected chi connectivity index (χ3v) is 7.33. The van der Waals surface area contributed by atoms with Gasteiger partial charge in [-0.1, -0.05) is 48.0 Å². The number of likely N-dealkylation sites (tertiary alicyclic amines) is 2. The third-order valence-electron chi connectivity index (χ3n) is 7.01. The van der Waals surface area contributed by atoms with Crippen LogP contribution < -0.4 is 5.32 Å². The van der Waals surface area contributed by atoms with E-state index in [0.717, 1.165) is 31.6 Å². The van der Waals surface area contributed by atoms with Gasteiger partial charge in [-0.25, -0.2) is 4.39 Å². The monoisotopic (exact) mass is 495 g/mol. The van der Waals surface area contributed by atoms with Crippen molar-refractivity contribution in [3.63, 3.8) is 0 Å². The Balaban J connectivity index is 1.18. The summed E-state index contributed by atoms with van der Waals surface area (Å²) in [6.07, 6.45) is 2.24. The second-order valence-electron chi connectivity index (χ2n) is 9.29. The normalized spacial score (nSPS) is 20.6. The molecule has 2 unspecified atom stereocenters. The smallest absolute Gasteiger partial charge is 0.287 e. The van der Waals surface area contributed by atoms with Crippen molar-refractivity contribution in [2.45, 2.75) is 12.5 Å². The number of benzene rings is 2. The average Bonchev–Trinajstić information content (AvgIpc) is 3.59. The lowest BCUT2D eigenvalue weighted by Gasteiger charge is -2.25. The number of nitrogens with zero attached hydrogens (tertiary/aromatic N) is 2. The minimum absolute atomic E-state index is 0.0380. The van der Waals surface area contributed by atoms with Crippen molar-refractivity contribution in [2.24, 2.45) is 11.8 Å². The molecule has 6 nitrogen and oxygen atoms in total. The topological polar surface area (TPSA) is 65.8 Å². The average molecular weight is 496 g/mol. The molecule has 2 fully saturated rings. The number of rotatable bonds is 7. The molecule has 2 aliphatic rings. The summed E-state index contributed by atoms with van der Waals surface area (Å²) in [6.45, 7) is 3.75. The highest BCUT2D eigenvalue weighted by Crippen LogP contribution is 2.33. The Kier molecular flexibility index (Phi) is 6.88. The summed E-state index contributed by atoms with van der Waals surface area (Å²) >= 11 is 6.11. The fourth-order valence-electron chi connectivity index (χ4n) is 5.26. The Hall–Kier alpha value is -3.16. The Morgan fingerprint density at radius 3 is 2.40 bits per heavy atom. The minimum atomic E-state index is -0.579. The van der Waals surface area contributed by atoms with E-state index in [1.165, 1.54) is 18.4 Å². The molecule has 3 aromatic rings. The highest BCUT2D eigenvalue weighted by atomic mass is 35.5. The van der Waals surface area contributed by atoms with Crippen molar-refractivity contribution < 1.29 is 18.4 Å². The number of amides is 2. The third kappa shape index (κ3) is 5.11. The van der Waals surface area contributed by atoms with Gasteiger partial charge in [-0.15, -0.1) is 0 Å². The maximum Gasteiger partial charge on any atom is 0.287 e. The van der Waals surface area contributed by atoms with Crippen molar-refractivity contribution in [1.82, 2.24) is 15.1 Å². The number of carbonyl (C=O) groups excluding carboxylic acids is 2. The summed E-state index contributed by atoms with van der Waals surface area (Å²) in [7, 11) is 0. The number of carbonyl (C=O) groups is 2. The van der Waals surface area contributed by atoms with Gasteiger partial charge in [0.15, 0.2) is 5.76 Å². The van der Waals surface area contributed by atoms with Crippen LogP contribution >= 0.6 is 11.6 Å². The molecule has 0 aliphatic carbocycles. The van der Waals surface area contributed by atoms with Crippen molar-refractivity contribution in [2.75, 3.05) is 32.7 Å². The largest absolute Gasteiger partial charge is 0.459 e. The van der Waals surface area contributed by atoms with Gasteiger partial charge in [-0.3, -0.25) is 9.59 Å². The first-order valence-electron chi connectivity index (χ1n) is 11.8. The van der Waals surface area contributed by atoms with Crippen molar-refractivity contribution in [3.05, 3.63) is 94.7 Å². The Morgan fingerprint density at radius 1 is 1.00 bits per heavy atom. The molecule has 5 rings (SSSR count). The summed E-state index contributed by atoms with van der Waals surface area (Å²) in [6, 6.07) is 17.5. The van der Waals surface area contributed by atoms with Crippen LogP contribution in [0.2, 0.25) is 5.02 Å². The zero-order chi connectivity index (χ0) is 24.4. The van der Waals surface area contributed by atoms with Gasteiger partial charge in [-0.2, -0.15) is 0 Å². The van der Waals surface area contributed by atoms with Gasteiger partial charge in [0.25, 0.3) is 11.8 Å². The van der Waals surface area contributed by atoms with Crippen LogP contribution in [0.3, 0.4) is 0 Å². The number of halogens is 2. The van der Waals surface area contributed by atoms with Gasteiger partial charge in [0.2, 0.25) is 0 Å². The zero-order valence-corrected chi connectivity index (χ0v) is 20.0. The minimum Gasteiger partial charge on any atom is -0.459 e. The molecule has 1 N–H and O–H groups in total. The summed E-state index contributed by atoms with van der Waals surface area (Å²) in [5, 5.41) is 3.25. The van der Waals surface area contributed by atoms with E-state index in [0.29, 0.717) is 30.7 Å². The van der Waals surface area contributed by atoms with Crippen LogP contribution in [0.5, 0.6) is 0 Å². The van der Waals surface area contributed by atoms with Crippen molar-refractivity contribution in [3.8, 4) is 0 Å². The van der Waals surface area contributed by atoms with E-state index in [-0.39, 0.29) is 28.4 Å². The number of hydrogen-bond donors (Lipinski definition) is 1. The lowest BCUT2D eigenvalue weighted by atomic mass is 10.0. The van der Waals surface area contributed by atoms with Crippen LogP contribution in [-0.4, -0.2) is 54.3 Å². The maximum absolute atomic E-state index is 14.2. The first kappa shape index (κ1) is 23.6. The number of fused-ring (bicyclic) bond motifs is 1. The highest BCUT2D eigenvalue weighted by Gasteiger charge is 2.42. The molecule has 3 heterocycles. The summed E-state index contributed by atoms with van der Waals surface area (Å²) in [4.78, 5) is 29.7. The van der Waals surface area contributed by atoms with Gasteiger partial charge in [0.1, 0.15) is 5.82 Å². The van der Waals surface area contributed by atoms with E-state index in [1.54, 1.807) is 23.1 Å². The molecule has 35 heavy (non-hydrogen) atoms. The van der Waals surface area contributed by atoms with E-state index in [4.69, 9.17) is 16.0 Å². The van der Waals surface area contributed by atoms with Crippen molar-refractivity contribution in [1.29, 1.82) is 0 Å². The lowest BCUT2D eigenvalue weighted by Crippen LogP contribution is -2.35. The quantitative estimate of drug-likeness (QED) is 0.518. The van der Waals surface area contributed by atoms with E-state index >= 15 is 0 Å². The van der Waals surface area contributed by atoms with Gasteiger partial charge in [0, 0.05) is 32.7 Å². The molecule has 0 saturated carbocycles. The molecule has 0 radical (unpaired) electrons. The number of hydrogen-bond acceptors (Lipinski definition) is 4. The fourth-order valence-corrected chi connectivity index (χ4v) is 5.50. The predicted molar refractivity (Wildman–Crippen MR) is 131 cm³/mol.